The fourth-order valence-corrected chi connectivity index (χ4v) is 3.77. The van der Waals surface area contributed by atoms with Crippen LogP contribution >= 0.6 is 27.5 Å². The number of carbonyl (C=O) groups excluding carboxylic acids is 1. The Labute approximate surface area is 181 Å². The van der Waals surface area contributed by atoms with E-state index >= 15 is 0 Å². The van der Waals surface area contributed by atoms with Crippen LogP contribution in [0, 0.1) is 0 Å². The lowest BCUT2D eigenvalue weighted by atomic mass is 10.2. The van der Waals surface area contributed by atoms with Gasteiger partial charge in [-0.1, -0.05) is 70.0 Å². The molecule has 1 N–H and O–H groups in total. The first-order valence-electron chi connectivity index (χ1n) is 9.02. The number of rotatable bonds is 5. The first-order chi connectivity index (χ1) is 14.1. The van der Waals surface area contributed by atoms with Crippen LogP contribution in [0.1, 0.15) is 21.5 Å². The molecule has 0 unspecified atom stereocenters. The molecule has 4 aromatic rings. The first-order valence-corrected chi connectivity index (χ1v) is 10.2. The van der Waals surface area contributed by atoms with Crippen LogP contribution in [0.2, 0.25) is 5.02 Å². The third-order valence-electron chi connectivity index (χ3n) is 4.57. The van der Waals surface area contributed by atoms with Crippen molar-refractivity contribution in [2.45, 2.75) is 6.54 Å². The third kappa shape index (κ3) is 4.42. The van der Waals surface area contributed by atoms with Crippen LogP contribution in [0.25, 0.3) is 10.9 Å². The molecule has 1 aromatic heterocycles. The number of benzene rings is 3. The van der Waals surface area contributed by atoms with Crippen LogP contribution in [0.5, 0.6) is 0 Å². The van der Waals surface area contributed by atoms with Gasteiger partial charge in [0, 0.05) is 44.3 Å². The number of nitrogens with zero attached hydrogens (tertiary/aromatic N) is 2. The topological polar surface area (TPSA) is 46.4 Å². The van der Waals surface area contributed by atoms with Crippen molar-refractivity contribution >= 4 is 50.6 Å². The van der Waals surface area contributed by atoms with Gasteiger partial charge in [-0.05, 0) is 35.9 Å². The first kappa shape index (κ1) is 19.4. The van der Waals surface area contributed by atoms with Gasteiger partial charge in [-0.15, -0.1) is 0 Å². The minimum atomic E-state index is -0.262. The molecule has 1 heterocycles. The van der Waals surface area contributed by atoms with Gasteiger partial charge in [0.15, 0.2) is 0 Å². The number of carbonyl (C=O) groups is 1. The van der Waals surface area contributed by atoms with Crippen molar-refractivity contribution in [3.8, 4) is 0 Å². The van der Waals surface area contributed by atoms with E-state index in [0.29, 0.717) is 12.1 Å². The van der Waals surface area contributed by atoms with Gasteiger partial charge in [-0.3, -0.25) is 4.79 Å². The molecule has 0 bridgehead atoms. The van der Waals surface area contributed by atoms with Gasteiger partial charge in [-0.25, -0.2) is 5.43 Å². The summed E-state index contributed by atoms with van der Waals surface area (Å²) in [5, 5.41) is 5.95. The molecule has 0 aliphatic heterocycles. The number of hydrazone groups is 1. The smallest absolute Gasteiger partial charge is 0.271 e. The zero-order valence-electron chi connectivity index (χ0n) is 15.3. The largest absolute Gasteiger partial charge is 0.342 e. The molecule has 0 fully saturated rings. The van der Waals surface area contributed by atoms with E-state index in [1.54, 1.807) is 18.3 Å². The molecule has 0 aliphatic carbocycles. The minimum absolute atomic E-state index is 0.262. The van der Waals surface area contributed by atoms with E-state index in [-0.39, 0.29) is 5.91 Å². The molecule has 0 saturated carbocycles. The summed E-state index contributed by atoms with van der Waals surface area (Å²) in [5.41, 5.74) is 6.16. The second-order valence-corrected chi connectivity index (χ2v) is 7.85. The average molecular weight is 467 g/mol. The Balaban J connectivity index is 1.58. The number of amides is 1. The molecule has 0 atom stereocenters. The monoisotopic (exact) mass is 465 g/mol. The van der Waals surface area contributed by atoms with Crippen molar-refractivity contribution in [1.82, 2.24) is 9.99 Å². The highest BCUT2D eigenvalue weighted by atomic mass is 79.9. The maximum absolute atomic E-state index is 12.3. The highest BCUT2D eigenvalue weighted by molar-refractivity contribution is 9.10. The summed E-state index contributed by atoms with van der Waals surface area (Å²) < 4.78 is 2.98. The Hall–Kier alpha value is -2.89. The van der Waals surface area contributed by atoms with E-state index in [1.807, 2.05) is 60.8 Å². The van der Waals surface area contributed by atoms with Gasteiger partial charge in [-0.2, -0.15) is 5.10 Å². The average Bonchev–Trinajstić information content (AvgIpc) is 3.07. The molecular weight excluding hydrogens is 450 g/mol. The molecule has 0 saturated heterocycles. The summed E-state index contributed by atoms with van der Waals surface area (Å²) in [6, 6.07) is 23.1. The second-order valence-electron chi connectivity index (χ2n) is 6.53. The number of aromatic nitrogens is 1. The van der Waals surface area contributed by atoms with Crippen molar-refractivity contribution in [2.75, 3.05) is 0 Å². The standard InChI is InChI=1S/C23H17BrClN3O/c24-19-8-5-7-16(12-19)23(29)27-26-13-18-15-28(22-11-4-2-9-20(18)22)14-17-6-1-3-10-21(17)25/h1-13,15H,14H2,(H,27,29)/b26-13-. The summed E-state index contributed by atoms with van der Waals surface area (Å²) in [4.78, 5) is 12.3. The molecule has 3 aromatic carbocycles. The molecule has 0 radical (unpaired) electrons. The highest BCUT2D eigenvalue weighted by Crippen LogP contribution is 2.23. The number of para-hydroxylation sites is 1. The Morgan fingerprint density at radius 1 is 1.07 bits per heavy atom. The fourth-order valence-electron chi connectivity index (χ4n) is 3.17. The minimum Gasteiger partial charge on any atom is -0.342 e. The van der Waals surface area contributed by atoms with Crippen molar-refractivity contribution in [2.24, 2.45) is 5.10 Å². The molecule has 4 rings (SSSR count). The van der Waals surface area contributed by atoms with Crippen molar-refractivity contribution < 1.29 is 4.79 Å². The molecular formula is C23H17BrClN3O. The normalized spacial score (nSPS) is 11.2. The number of nitrogens with one attached hydrogen (secondary N) is 1. The number of hydrogen-bond donors (Lipinski definition) is 1. The molecule has 0 aliphatic rings. The number of hydrogen-bond acceptors (Lipinski definition) is 2. The van der Waals surface area contributed by atoms with E-state index in [4.69, 9.17) is 11.6 Å². The molecule has 1 amide bonds. The third-order valence-corrected chi connectivity index (χ3v) is 5.44. The Morgan fingerprint density at radius 3 is 2.69 bits per heavy atom. The van der Waals surface area contributed by atoms with Gasteiger partial charge in [0.25, 0.3) is 5.91 Å². The van der Waals surface area contributed by atoms with Crippen LogP contribution < -0.4 is 5.43 Å². The lowest BCUT2D eigenvalue weighted by molar-refractivity contribution is 0.0955. The van der Waals surface area contributed by atoms with Crippen molar-refractivity contribution in [3.63, 3.8) is 0 Å². The summed E-state index contributed by atoms with van der Waals surface area (Å²) in [6.07, 6.45) is 3.68. The van der Waals surface area contributed by atoms with E-state index in [1.165, 1.54) is 0 Å². The van der Waals surface area contributed by atoms with Crippen LogP contribution in [0.3, 0.4) is 0 Å². The number of halogens is 2. The zero-order valence-corrected chi connectivity index (χ0v) is 17.7. The summed E-state index contributed by atoms with van der Waals surface area (Å²) in [5.74, 6) is -0.262. The number of fused-ring (bicyclic) bond motifs is 1. The van der Waals surface area contributed by atoms with Gasteiger partial charge in [0.05, 0.1) is 6.21 Å². The van der Waals surface area contributed by atoms with Gasteiger partial charge in [0.2, 0.25) is 0 Å². The molecule has 0 spiro atoms. The van der Waals surface area contributed by atoms with Crippen LogP contribution in [-0.2, 0) is 6.54 Å². The fraction of sp³-hybridized carbons (Fsp3) is 0.0435. The Bertz CT molecular complexity index is 1220. The summed E-state index contributed by atoms with van der Waals surface area (Å²) in [7, 11) is 0. The predicted octanol–water partition coefficient (Wildman–Crippen LogP) is 5.87. The maximum Gasteiger partial charge on any atom is 0.271 e. The van der Waals surface area contributed by atoms with Gasteiger partial charge < -0.3 is 4.57 Å². The predicted molar refractivity (Wildman–Crippen MR) is 122 cm³/mol. The van der Waals surface area contributed by atoms with Crippen molar-refractivity contribution in [1.29, 1.82) is 0 Å². The molecule has 6 heteroatoms. The quantitative estimate of drug-likeness (QED) is 0.290. The SMILES string of the molecule is O=C(N/N=C\c1cn(Cc2ccccc2Cl)c2ccccc12)c1cccc(Br)c1. The maximum atomic E-state index is 12.3. The van der Waals surface area contributed by atoms with E-state index in [9.17, 15) is 4.79 Å². The summed E-state index contributed by atoms with van der Waals surface area (Å²) >= 11 is 9.70. The lowest BCUT2D eigenvalue weighted by Crippen LogP contribution is -2.17. The van der Waals surface area contributed by atoms with E-state index in [0.717, 1.165) is 31.5 Å². The molecule has 29 heavy (non-hydrogen) atoms. The van der Waals surface area contributed by atoms with E-state index in [2.05, 4.69) is 37.1 Å². The van der Waals surface area contributed by atoms with Crippen LogP contribution in [-0.4, -0.2) is 16.7 Å². The highest BCUT2D eigenvalue weighted by Gasteiger charge is 2.09. The second kappa shape index (κ2) is 8.64. The van der Waals surface area contributed by atoms with Gasteiger partial charge in [0.1, 0.15) is 0 Å². The Kier molecular flexibility index (Phi) is 5.79. The van der Waals surface area contributed by atoms with Crippen molar-refractivity contribution in [3.05, 3.63) is 105 Å². The molecule has 144 valence electrons. The molecule has 4 nitrogen and oxygen atoms in total. The summed E-state index contributed by atoms with van der Waals surface area (Å²) in [6.45, 7) is 0.651. The van der Waals surface area contributed by atoms with Crippen LogP contribution in [0.4, 0.5) is 0 Å². The Morgan fingerprint density at radius 2 is 1.86 bits per heavy atom. The van der Waals surface area contributed by atoms with E-state index < -0.39 is 0 Å². The lowest BCUT2D eigenvalue weighted by Gasteiger charge is -2.07. The van der Waals surface area contributed by atoms with Gasteiger partial charge >= 0.3 is 0 Å². The zero-order chi connectivity index (χ0) is 20.2. The van der Waals surface area contributed by atoms with Crippen LogP contribution in [0.15, 0.2) is 88.6 Å².